The molecule has 142 valence electrons. The van der Waals surface area contributed by atoms with Crippen LogP contribution in [-0.2, 0) is 4.79 Å². The zero-order valence-corrected chi connectivity index (χ0v) is 14.8. The van der Waals surface area contributed by atoms with Crippen LogP contribution < -0.4 is 5.32 Å². The molecule has 0 fully saturated rings. The second-order valence-electron chi connectivity index (χ2n) is 6.03. The second kappa shape index (κ2) is 7.56. The minimum Gasteiger partial charge on any atom is -0.325 e. The Bertz CT molecular complexity index is 919. The van der Waals surface area contributed by atoms with E-state index in [1.807, 2.05) is 0 Å². The predicted octanol–water partition coefficient (Wildman–Crippen LogP) is 4.41. The molecule has 1 unspecified atom stereocenters. The van der Waals surface area contributed by atoms with Gasteiger partial charge in [-0.3, -0.25) is 9.80 Å². The standard InChI is InChI=1S/C18H14ClF4N3O/c1-26-8-12(16(25-26)17(22)23)18(27)24-15-5-3-10(20)7-11(15)9-2-4-13(19)14(21)6-9/h2-7,12,17H,8H2,1H3,(H,24,27). The van der Waals surface area contributed by atoms with Crippen molar-refractivity contribution >= 4 is 28.9 Å². The molecule has 3 rings (SSSR count). The number of benzene rings is 2. The van der Waals surface area contributed by atoms with Crippen molar-refractivity contribution in [3.63, 3.8) is 0 Å². The third-order valence-corrected chi connectivity index (χ3v) is 4.41. The number of hydrazone groups is 1. The monoisotopic (exact) mass is 399 g/mol. The van der Waals surface area contributed by atoms with Crippen molar-refractivity contribution in [2.75, 3.05) is 18.9 Å². The number of nitrogens with zero attached hydrogens (tertiary/aromatic N) is 2. The lowest BCUT2D eigenvalue weighted by Gasteiger charge is -2.16. The largest absolute Gasteiger partial charge is 0.325 e. The Morgan fingerprint density at radius 3 is 2.67 bits per heavy atom. The zero-order valence-electron chi connectivity index (χ0n) is 14.0. The maximum atomic E-state index is 13.8. The van der Waals surface area contributed by atoms with Crippen LogP contribution in [0.1, 0.15) is 0 Å². The van der Waals surface area contributed by atoms with Crippen molar-refractivity contribution in [3.8, 4) is 11.1 Å². The summed E-state index contributed by atoms with van der Waals surface area (Å²) in [5, 5.41) is 7.33. The summed E-state index contributed by atoms with van der Waals surface area (Å²) in [5.41, 5.74) is 0.0984. The molecular formula is C18H14ClF4N3O. The molecule has 9 heteroatoms. The van der Waals surface area contributed by atoms with Gasteiger partial charge < -0.3 is 5.32 Å². The van der Waals surface area contributed by atoms with Crippen molar-refractivity contribution in [1.29, 1.82) is 0 Å². The summed E-state index contributed by atoms with van der Waals surface area (Å²) in [4.78, 5) is 12.5. The molecule has 1 atom stereocenters. The molecule has 2 aromatic carbocycles. The van der Waals surface area contributed by atoms with E-state index in [1.54, 1.807) is 0 Å². The smallest absolute Gasteiger partial charge is 0.279 e. The van der Waals surface area contributed by atoms with Crippen molar-refractivity contribution in [2.24, 2.45) is 11.0 Å². The number of carbonyl (C=O) groups excluding carboxylic acids is 1. The van der Waals surface area contributed by atoms with Crippen molar-refractivity contribution in [3.05, 3.63) is 53.1 Å². The Balaban J connectivity index is 1.92. The topological polar surface area (TPSA) is 44.7 Å². The maximum absolute atomic E-state index is 13.8. The lowest BCUT2D eigenvalue weighted by atomic mass is 10.0. The summed E-state index contributed by atoms with van der Waals surface area (Å²) in [5.74, 6) is -3.16. The van der Waals surface area contributed by atoms with E-state index in [9.17, 15) is 22.4 Å². The number of carbonyl (C=O) groups is 1. The highest BCUT2D eigenvalue weighted by Gasteiger charge is 2.36. The van der Waals surface area contributed by atoms with Gasteiger partial charge in [-0.15, -0.1) is 0 Å². The molecule has 2 aromatic rings. The molecule has 1 aliphatic heterocycles. The summed E-state index contributed by atoms with van der Waals surface area (Å²) < 4.78 is 53.7. The second-order valence-corrected chi connectivity index (χ2v) is 6.43. The fraction of sp³-hybridized carbons (Fsp3) is 0.222. The maximum Gasteiger partial charge on any atom is 0.279 e. The Morgan fingerprint density at radius 1 is 1.26 bits per heavy atom. The van der Waals surface area contributed by atoms with E-state index >= 15 is 0 Å². The molecule has 1 amide bonds. The van der Waals surface area contributed by atoms with E-state index in [2.05, 4.69) is 10.4 Å². The fourth-order valence-corrected chi connectivity index (χ4v) is 2.94. The number of alkyl halides is 2. The van der Waals surface area contributed by atoms with Gasteiger partial charge in [0, 0.05) is 18.3 Å². The van der Waals surface area contributed by atoms with Crippen LogP contribution in [0.3, 0.4) is 0 Å². The van der Waals surface area contributed by atoms with Gasteiger partial charge in [-0.05, 0) is 35.9 Å². The molecule has 0 aromatic heterocycles. The fourth-order valence-electron chi connectivity index (χ4n) is 2.83. The molecular weight excluding hydrogens is 386 g/mol. The average Bonchev–Trinajstić information content (AvgIpc) is 3.01. The predicted molar refractivity (Wildman–Crippen MR) is 95.0 cm³/mol. The third kappa shape index (κ3) is 4.05. The highest BCUT2D eigenvalue weighted by molar-refractivity contribution is 6.30. The van der Waals surface area contributed by atoms with Gasteiger partial charge in [0.05, 0.1) is 11.6 Å². The molecule has 0 spiro atoms. The van der Waals surface area contributed by atoms with Crippen LogP contribution in [0, 0.1) is 17.6 Å². The van der Waals surface area contributed by atoms with Gasteiger partial charge in [0.2, 0.25) is 5.91 Å². The number of halogens is 5. The molecule has 0 saturated heterocycles. The first-order valence-corrected chi connectivity index (χ1v) is 8.27. The van der Waals surface area contributed by atoms with Crippen molar-refractivity contribution in [1.82, 2.24) is 5.01 Å². The molecule has 1 heterocycles. The van der Waals surface area contributed by atoms with E-state index < -0.39 is 35.6 Å². The summed E-state index contributed by atoms with van der Waals surface area (Å²) >= 11 is 5.66. The Hall–Kier alpha value is -2.61. The first kappa shape index (κ1) is 19.2. The van der Waals surface area contributed by atoms with Gasteiger partial charge in [-0.1, -0.05) is 17.7 Å². The third-order valence-electron chi connectivity index (χ3n) is 4.10. The first-order chi connectivity index (χ1) is 12.8. The van der Waals surface area contributed by atoms with Crippen molar-refractivity contribution in [2.45, 2.75) is 6.43 Å². The van der Waals surface area contributed by atoms with E-state index in [1.165, 1.54) is 30.3 Å². The molecule has 1 aliphatic rings. The number of anilines is 1. The SMILES string of the molecule is CN1CC(C(=O)Nc2ccc(F)cc2-c2ccc(Cl)c(F)c2)C(C(F)F)=N1. The number of hydrogen-bond donors (Lipinski definition) is 1. The van der Waals surface area contributed by atoms with Gasteiger partial charge in [0.15, 0.2) is 0 Å². The molecule has 0 radical (unpaired) electrons. The zero-order chi connectivity index (χ0) is 19.7. The molecule has 0 bridgehead atoms. The Labute approximate surface area is 157 Å². The number of amides is 1. The minimum absolute atomic E-state index is 0.00237. The molecule has 27 heavy (non-hydrogen) atoms. The van der Waals surface area contributed by atoms with Crippen molar-refractivity contribution < 1.29 is 22.4 Å². The highest BCUT2D eigenvalue weighted by Crippen LogP contribution is 2.32. The van der Waals surface area contributed by atoms with Crippen LogP contribution in [0.2, 0.25) is 5.02 Å². The summed E-state index contributed by atoms with van der Waals surface area (Å²) in [6, 6.07) is 7.37. The van der Waals surface area contributed by atoms with Gasteiger partial charge in [0.1, 0.15) is 23.3 Å². The van der Waals surface area contributed by atoms with Gasteiger partial charge in [0.25, 0.3) is 6.43 Å². The van der Waals surface area contributed by atoms with Crippen LogP contribution in [0.15, 0.2) is 41.5 Å². The van der Waals surface area contributed by atoms with E-state index in [0.29, 0.717) is 0 Å². The quantitative estimate of drug-likeness (QED) is 0.774. The summed E-state index contributed by atoms with van der Waals surface area (Å²) in [6.45, 7) is -0.00237. The van der Waals surface area contributed by atoms with Crippen LogP contribution in [0.4, 0.5) is 23.2 Å². The van der Waals surface area contributed by atoms with E-state index in [4.69, 9.17) is 11.6 Å². The van der Waals surface area contributed by atoms with E-state index in [0.717, 1.165) is 18.2 Å². The number of nitrogens with one attached hydrogen (secondary N) is 1. The van der Waals surface area contributed by atoms with Gasteiger partial charge in [-0.25, -0.2) is 17.6 Å². The molecule has 1 N–H and O–H groups in total. The van der Waals surface area contributed by atoms with Crippen LogP contribution >= 0.6 is 11.6 Å². The Morgan fingerprint density at radius 2 is 2.00 bits per heavy atom. The van der Waals surface area contributed by atoms with Crippen LogP contribution in [-0.4, -0.2) is 36.6 Å². The average molecular weight is 400 g/mol. The summed E-state index contributed by atoms with van der Waals surface area (Å²) in [6.07, 6.45) is -2.87. The first-order valence-electron chi connectivity index (χ1n) is 7.89. The molecule has 0 saturated carbocycles. The van der Waals surface area contributed by atoms with Gasteiger partial charge >= 0.3 is 0 Å². The van der Waals surface area contributed by atoms with E-state index in [-0.39, 0.29) is 28.4 Å². The molecule has 0 aliphatic carbocycles. The van der Waals surface area contributed by atoms with Gasteiger partial charge in [-0.2, -0.15) is 5.10 Å². The van der Waals surface area contributed by atoms with Crippen LogP contribution in [0.25, 0.3) is 11.1 Å². The summed E-state index contributed by atoms with van der Waals surface area (Å²) in [7, 11) is 1.48. The number of rotatable bonds is 4. The highest BCUT2D eigenvalue weighted by atomic mass is 35.5. The lowest BCUT2D eigenvalue weighted by molar-refractivity contribution is -0.118. The molecule has 4 nitrogen and oxygen atoms in total. The normalized spacial score (nSPS) is 16.6. The van der Waals surface area contributed by atoms with Crippen LogP contribution in [0.5, 0.6) is 0 Å². The minimum atomic E-state index is -2.87. The Kier molecular flexibility index (Phi) is 5.36. The number of hydrogen-bond acceptors (Lipinski definition) is 3. The lowest BCUT2D eigenvalue weighted by Crippen LogP contribution is -2.34.